The van der Waals surface area contributed by atoms with E-state index in [9.17, 15) is 17.6 Å². The first-order chi connectivity index (χ1) is 9.87. The molecule has 1 atom stereocenters. The molecular formula is C13H15ClFNO4S. The van der Waals surface area contributed by atoms with Gasteiger partial charge in [0, 0.05) is 6.54 Å². The summed E-state index contributed by atoms with van der Waals surface area (Å²) >= 11 is 5.86. The first-order valence-electron chi connectivity index (χ1n) is 6.51. The van der Waals surface area contributed by atoms with Crippen molar-refractivity contribution in [2.75, 3.05) is 13.2 Å². The molecule has 1 saturated heterocycles. The third-order valence-corrected chi connectivity index (χ3v) is 5.63. The molecule has 0 amide bonds. The number of ether oxygens (including phenoxy) is 1. The van der Waals surface area contributed by atoms with Crippen LogP contribution >= 0.6 is 11.6 Å². The average molecular weight is 336 g/mol. The number of hydrogen-bond acceptors (Lipinski definition) is 4. The van der Waals surface area contributed by atoms with Gasteiger partial charge in [-0.15, -0.1) is 0 Å². The Morgan fingerprint density at radius 1 is 1.52 bits per heavy atom. The second kappa shape index (κ2) is 6.29. The number of benzene rings is 1. The zero-order chi connectivity index (χ0) is 15.6. The van der Waals surface area contributed by atoms with E-state index in [1.165, 1.54) is 6.07 Å². The monoisotopic (exact) mass is 335 g/mol. The summed E-state index contributed by atoms with van der Waals surface area (Å²) in [5.74, 6) is -1.30. The molecule has 1 heterocycles. The van der Waals surface area contributed by atoms with Crippen LogP contribution < -0.4 is 0 Å². The number of halogens is 2. The van der Waals surface area contributed by atoms with E-state index in [-0.39, 0.29) is 23.1 Å². The van der Waals surface area contributed by atoms with Crippen LogP contribution in [0.2, 0.25) is 5.02 Å². The van der Waals surface area contributed by atoms with Gasteiger partial charge in [-0.05, 0) is 38.0 Å². The first kappa shape index (κ1) is 16.2. The molecule has 1 aromatic rings. The predicted molar refractivity (Wildman–Crippen MR) is 75.0 cm³/mol. The van der Waals surface area contributed by atoms with E-state index < -0.39 is 27.9 Å². The Bertz CT molecular complexity index is 650. The van der Waals surface area contributed by atoms with Crippen LogP contribution in [0, 0.1) is 5.82 Å². The number of rotatable bonds is 4. The number of nitrogens with zero attached hydrogens (tertiary/aromatic N) is 1. The van der Waals surface area contributed by atoms with Gasteiger partial charge in [0.15, 0.2) is 0 Å². The fourth-order valence-corrected chi connectivity index (χ4v) is 4.44. The third-order valence-electron chi connectivity index (χ3n) is 3.24. The molecule has 1 fully saturated rings. The Labute approximate surface area is 127 Å². The number of carbonyl (C=O) groups excluding carboxylic acids is 1. The van der Waals surface area contributed by atoms with Gasteiger partial charge in [0.25, 0.3) is 0 Å². The van der Waals surface area contributed by atoms with Crippen molar-refractivity contribution in [3.8, 4) is 0 Å². The van der Waals surface area contributed by atoms with Crippen molar-refractivity contribution in [1.29, 1.82) is 0 Å². The molecule has 1 aromatic carbocycles. The Morgan fingerprint density at radius 3 is 2.90 bits per heavy atom. The molecule has 0 spiro atoms. The molecule has 0 bridgehead atoms. The average Bonchev–Trinajstić information content (AvgIpc) is 2.92. The molecule has 2 rings (SSSR count). The summed E-state index contributed by atoms with van der Waals surface area (Å²) in [6.45, 7) is 2.00. The zero-order valence-electron chi connectivity index (χ0n) is 11.4. The van der Waals surface area contributed by atoms with Crippen LogP contribution in [0.15, 0.2) is 23.1 Å². The first-order valence-corrected chi connectivity index (χ1v) is 8.33. The Balaban J connectivity index is 2.38. The summed E-state index contributed by atoms with van der Waals surface area (Å²) < 4.78 is 44.4. The zero-order valence-corrected chi connectivity index (χ0v) is 13.0. The lowest BCUT2D eigenvalue weighted by Gasteiger charge is -2.23. The second-order valence-electron chi connectivity index (χ2n) is 4.60. The molecule has 116 valence electrons. The Kier molecular flexibility index (Phi) is 4.85. The van der Waals surface area contributed by atoms with Crippen molar-refractivity contribution in [1.82, 2.24) is 4.31 Å². The molecule has 0 saturated carbocycles. The molecule has 5 nitrogen and oxygen atoms in total. The SMILES string of the molecule is CCOC(=O)C1CCCN1S(=O)(=O)c1cc(F)ccc1Cl. The van der Waals surface area contributed by atoms with Crippen molar-refractivity contribution >= 4 is 27.6 Å². The molecule has 0 N–H and O–H groups in total. The fourth-order valence-electron chi connectivity index (χ4n) is 2.30. The van der Waals surface area contributed by atoms with Crippen LogP contribution in [0.3, 0.4) is 0 Å². The molecule has 1 unspecified atom stereocenters. The molecule has 21 heavy (non-hydrogen) atoms. The minimum atomic E-state index is -4.04. The number of hydrogen-bond donors (Lipinski definition) is 0. The molecule has 0 radical (unpaired) electrons. The summed E-state index contributed by atoms with van der Waals surface area (Å²) in [5.41, 5.74) is 0. The predicted octanol–water partition coefficient (Wildman–Crippen LogP) is 2.20. The van der Waals surface area contributed by atoms with Crippen LogP contribution in [0.1, 0.15) is 19.8 Å². The molecule has 0 aliphatic carbocycles. The van der Waals surface area contributed by atoms with Gasteiger partial charge in [-0.1, -0.05) is 11.6 Å². The highest BCUT2D eigenvalue weighted by atomic mass is 35.5. The van der Waals surface area contributed by atoms with Crippen LogP contribution in [0.25, 0.3) is 0 Å². The summed E-state index contributed by atoms with van der Waals surface area (Å²) in [6.07, 6.45) is 0.917. The van der Waals surface area contributed by atoms with Crippen molar-refractivity contribution in [2.24, 2.45) is 0 Å². The summed E-state index contributed by atoms with van der Waals surface area (Å²) in [4.78, 5) is 11.5. The van der Waals surface area contributed by atoms with Crippen molar-refractivity contribution < 1.29 is 22.3 Å². The maximum atomic E-state index is 13.3. The van der Waals surface area contributed by atoms with Crippen molar-refractivity contribution in [3.05, 3.63) is 29.0 Å². The van der Waals surface area contributed by atoms with Gasteiger partial charge in [0.2, 0.25) is 10.0 Å². The second-order valence-corrected chi connectivity index (χ2v) is 6.87. The van der Waals surface area contributed by atoms with Crippen molar-refractivity contribution in [2.45, 2.75) is 30.7 Å². The van der Waals surface area contributed by atoms with Gasteiger partial charge in [0.1, 0.15) is 16.8 Å². The smallest absolute Gasteiger partial charge is 0.324 e. The normalized spacial score (nSPS) is 19.7. The summed E-state index contributed by atoms with van der Waals surface area (Å²) in [7, 11) is -4.04. The minimum Gasteiger partial charge on any atom is -0.465 e. The number of sulfonamides is 1. The van der Waals surface area contributed by atoms with Gasteiger partial charge in [-0.2, -0.15) is 4.31 Å². The maximum absolute atomic E-state index is 13.3. The summed E-state index contributed by atoms with van der Waals surface area (Å²) in [5, 5.41) is -0.0779. The van der Waals surface area contributed by atoms with Gasteiger partial charge >= 0.3 is 5.97 Å². The Morgan fingerprint density at radius 2 is 2.24 bits per heavy atom. The van der Waals surface area contributed by atoms with E-state index in [4.69, 9.17) is 16.3 Å². The standard InChI is InChI=1S/C13H15ClFNO4S/c1-2-20-13(17)11-4-3-7-16(11)21(18,19)12-8-9(15)5-6-10(12)14/h5-6,8,11H,2-4,7H2,1H3. The highest BCUT2D eigenvalue weighted by Gasteiger charge is 2.41. The Hall–Kier alpha value is -1.18. The highest BCUT2D eigenvalue weighted by Crippen LogP contribution is 2.31. The van der Waals surface area contributed by atoms with Gasteiger partial charge in [-0.3, -0.25) is 4.79 Å². The lowest BCUT2D eigenvalue weighted by Crippen LogP contribution is -2.41. The molecule has 0 aromatic heterocycles. The van der Waals surface area contributed by atoms with E-state index in [1.54, 1.807) is 6.92 Å². The molecule has 1 aliphatic heterocycles. The fraction of sp³-hybridized carbons (Fsp3) is 0.462. The minimum absolute atomic E-state index is 0.0779. The highest BCUT2D eigenvalue weighted by molar-refractivity contribution is 7.89. The number of carbonyl (C=O) groups is 1. The molecular weight excluding hydrogens is 321 g/mol. The molecule has 1 aliphatic rings. The third kappa shape index (κ3) is 3.20. The van der Waals surface area contributed by atoms with Crippen LogP contribution in [0.4, 0.5) is 4.39 Å². The van der Waals surface area contributed by atoms with E-state index in [1.807, 2.05) is 0 Å². The van der Waals surface area contributed by atoms with Crippen LogP contribution in [-0.2, 0) is 19.6 Å². The number of esters is 1. The van der Waals surface area contributed by atoms with Gasteiger partial charge < -0.3 is 4.74 Å². The topological polar surface area (TPSA) is 63.7 Å². The van der Waals surface area contributed by atoms with Gasteiger partial charge in [-0.25, -0.2) is 12.8 Å². The van der Waals surface area contributed by atoms with Crippen LogP contribution in [0.5, 0.6) is 0 Å². The lowest BCUT2D eigenvalue weighted by atomic mass is 10.2. The van der Waals surface area contributed by atoms with E-state index in [0.717, 1.165) is 16.4 Å². The quantitative estimate of drug-likeness (QED) is 0.791. The summed E-state index contributed by atoms with van der Waals surface area (Å²) in [6, 6.07) is 2.24. The van der Waals surface area contributed by atoms with E-state index >= 15 is 0 Å². The van der Waals surface area contributed by atoms with Gasteiger partial charge in [0.05, 0.1) is 11.6 Å². The van der Waals surface area contributed by atoms with Crippen molar-refractivity contribution in [3.63, 3.8) is 0 Å². The van der Waals surface area contributed by atoms with E-state index in [0.29, 0.717) is 12.8 Å². The lowest BCUT2D eigenvalue weighted by molar-refractivity contribution is -0.146. The molecule has 8 heteroatoms. The maximum Gasteiger partial charge on any atom is 0.324 e. The van der Waals surface area contributed by atoms with E-state index in [2.05, 4.69) is 0 Å². The van der Waals surface area contributed by atoms with Crippen LogP contribution in [-0.4, -0.2) is 37.9 Å². The largest absolute Gasteiger partial charge is 0.465 e.